The zero-order valence-corrected chi connectivity index (χ0v) is 16.4. The van der Waals surface area contributed by atoms with Crippen LogP contribution in [0.25, 0.3) is 0 Å². The Balaban J connectivity index is 2.47. The molecular formula is C23H34O2. The van der Waals surface area contributed by atoms with Crippen molar-refractivity contribution >= 4 is 0 Å². The van der Waals surface area contributed by atoms with E-state index in [1.165, 1.54) is 36.0 Å². The van der Waals surface area contributed by atoms with Crippen molar-refractivity contribution in [3.05, 3.63) is 52.6 Å². The molecule has 0 saturated heterocycles. The Hall–Kier alpha value is -1.54. The van der Waals surface area contributed by atoms with Crippen molar-refractivity contribution in [3.8, 4) is 5.75 Å². The highest BCUT2D eigenvalue weighted by molar-refractivity contribution is 5.49. The third kappa shape index (κ3) is 4.76. The van der Waals surface area contributed by atoms with Gasteiger partial charge in [0.15, 0.2) is 0 Å². The number of hydrogen-bond acceptors (Lipinski definition) is 2. The molecule has 2 nitrogen and oxygen atoms in total. The van der Waals surface area contributed by atoms with Crippen LogP contribution in [0, 0.1) is 5.92 Å². The molecule has 0 aliphatic heterocycles. The van der Waals surface area contributed by atoms with Crippen molar-refractivity contribution in [1.82, 2.24) is 0 Å². The Labute approximate surface area is 153 Å². The van der Waals surface area contributed by atoms with E-state index in [0.29, 0.717) is 5.92 Å². The molecule has 2 rings (SSSR count). The van der Waals surface area contributed by atoms with E-state index in [0.717, 1.165) is 36.1 Å². The molecule has 1 aliphatic rings. The average Bonchev–Trinajstić information content (AvgIpc) is 2.60. The van der Waals surface area contributed by atoms with E-state index in [-0.39, 0.29) is 12.5 Å². The van der Waals surface area contributed by atoms with Crippen LogP contribution in [-0.2, 0) is 13.0 Å². The minimum absolute atomic E-state index is 0.0552. The molecule has 1 aliphatic carbocycles. The van der Waals surface area contributed by atoms with E-state index >= 15 is 0 Å². The number of methoxy groups -OCH3 is 1. The fraction of sp³-hybridized carbons (Fsp3) is 0.565. The smallest absolute Gasteiger partial charge is 0.123 e. The number of benzene rings is 1. The van der Waals surface area contributed by atoms with Gasteiger partial charge in [-0.15, -0.1) is 0 Å². The second-order valence-electron chi connectivity index (χ2n) is 7.52. The summed E-state index contributed by atoms with van der Waals surface area (Å²) in [6.45, 7) is 10.8. The zero-order chi connectivity index (χ0) is 18.4. The molecule has 2 atom stereocenters. The lowest BCUT2D eigenvalue weighted by molar-refractivity contribution is 0.277. The van der Waals surface area contributed by atoms with Gasteiger partial charge in [-0.2, -0.15) is 0 Å². The summed E-state index contributed by atoms with van der Waals surface area (Å²) >= 11 is 0. The van der Waals surface area contributed by atoms with Gasteiger partial charge in [0.1, 0.15) is 5.75 Å². The Morgan fingerprint density at radius 1 is 1.32 bits per heavy atom. The molecule has 0 unspecified atom stereocenters. The Kier molecular flexibility index (Phi) is 7.31. The van der Waals surface area contributed by atoms with Gasteiger partial charge in [-0.05, 0) is 62.6 Å². The van der Waals surface area contributed by atoms with Crippen molar-refractivity contribution in [2.45, 2.75) is 71.8 Å². The lowest BCUT2D eigenvalue weighted by atomic mass is 9.72. The first kappa shape index (κ1) is 19.8. The summed E-state index contributed by atoms with van der Waals surface area (Å²) in [4.78, 5) is 0. The van der Waals surface area contributed by atoms with Gasteiger partial charge in [-0.25, -0.2) is 0 Å². The minimum Gasteiger partial charge on any atom is -0.496 e. The minimum atomic E-state index is 0.0552. The predicted octanol–water partition coefficient (Wildman–Crippen LogP) is 5.94. The van der Waals surface area contributed by atoms with Gasteiger partial charge in [-0.3, -0.25) is 0 Å². The summed E-state index contributed by atoms with van der Waals surface area (Å²) in [5.74, 6) is 1.57. The molecule has 0 bridgehead atoms. The summed E-state index contributed by atoms with van der Waals surface area (Å²) in [5.41, 5.74) is 6.05. The van der Waals surface area contributed by atoms with Gasteiger partial charge in [0.25, 0.3) is 0 Å². The highest BCUT2D eigenvalue weighted by Gasteiger charge is 2.30. The maximum atomic E-state index is 10.1. The van der Waals surface area contributed by atoms with Crippen molar-refractivity contribution in [3.63, 3.8) is 0 Å². The highest BCUT2D eigenvalue weighted by Crippen LogP contribution is 2.44. The van der Waals surface area contributed by atoms with Gasteiger partial charge in [-0.1, -0.05) is 49.6 Å². The zero-order valence-electron chi connectivity index (χ0n) is 16.4. The monoisotopic (exact) mass is 342 g/mol. The van der Waals surface area contributed by atoms with Crippen molar-refractivity contribution in [2.75, 3.05) is 7.11 Å². The Morgan fingerprint density at radius 2 is 2.08 bits per heavy atom. The summed E-state index contributed by atoms with van der Waals surface area (Å²) in [6.07, 6.45) is 9.28. The molecule has 0 fully saturated rings. The maximum absolute atomic E-state index is 10.1. The molecule has 0 aromatic heterocycles. The fourth-order valence-corrected chi connectivity index (χ4v) is 4.06. The van der Waals surface area contributed by atoms with E-state index in [1.807, 2.05) is 0 Å². The van der Waals surface area contributed by atoms with Crippen LogP contribution in [0.5, 0.6) is 5.75 Å². The van der Waals surface area contributed by atoms with Crippen LogP contribution in [0.15, 0.2) is 35.9 Å². The molecule has 1 aromatic carbocycles. The molecule has 1 aromatic rings. The normalized spacial score (nSPS) is 20.3. The Bertz CT molecular complexity index is 602. The van der Waals surface area contributed by atoms with E-state index in [2.05, 4.69) is 45.6 Å². The van der Waals surface area contributed by atoms with Crippen LogP contribution in [0.3, 0.4) is 0 Å². The van der Waals surface area contributed by atoms with Gasteiger partial charge in [0.05, 0.1) is 13.7 Å². The fourth-order valence-electron chi connectivity index (χ4n) is 4.06. The molecule has 1 N–H and O–H groups in total. The van der Waals surface area contributed by atoms with E-state index < -0.39 is 0 Å². The molecule has 0 radical (unpaired) electrons. The van der Waals surface area contributed by atoms with Crippen LogP contribution in [-0.4, -0.2) is 12.2 Å². The topological polar surface area (TPSA) is 29.5 Å². The summed E-state index contributed by atoms with van der Waals surface area (Å²) in [7, 11) is 1.74. The van der Waals surface area contributed by atoms with Crippen LogP contribution in [0.1, 0.15) is 75.5 Å². The first-order chi connectivity index (χ1) is 12.0. The SMILES string of the molecule is C=C(C)[C@@H]1CCC(C)=C[C@H]1c1c(CO)cc(CCCCC)cc1OC. The quantitative estimate of drug-likeness (QED) is 0.468. The van der Waals surface area contributed by atoms with Gasteiger partial charge in [0, 0.05) is 11.5 Å². The standard InChI is InChI=1S/C23H34O2/c1-6-7-8-9-18-13-19(15-24)23(22(14-18)25-5)21-12-17(4)10-11-20(21)16(2)3/h12-14,20-21,24H,2,6-11,15H2,1,3-5H3/t20-,21+/m0/s1. The average molecular weight is 343 g/mol. The third-order valence-corrected chi connectivity index (χ3v) is 5.46. The molecular weight excluding hydrogens is 308 g/mol. The maximum Gasteiger partial charge on any atom is 0.123 e. The number of hydrogen-bond donors (Lipinski definition) is 1. The number of aliphatic hydroxyl groups excluding tert-OH is 1. The summed E-state index contributed by atoms with van der Waals surface area (Å²) in [6, 6.07) is 4.36. The summed E-state index contributed by atoms with van der Waals surface area (Å²) < 4.78 is 5.78. The summed E-state index contributed by atoms with van der Waals surface area (Å²) in [5, 5.41) is 10.1. The number of aryl methyl sites for hydroxylation is 1. The molecule has 0 spiro atoms. The first-order valence-electron chi connectivity index (χ1n) is 9.65. The largest absolute Gasteiger partial charge is 0.496 e. The third-order valence-electron chi connectivity index (χ3n) is 5.46. The molecule has 0 saturated carbocycles. The number of allylic oxidation sites excluding steroid dienone is 3. The van der Waals surface area contributed by atoms with E-state index in [9.17, 15) is 5.11 Å². The number of rotatable bonds is 8. The van der Waals surface area contributed by atoms with Crippen LogP contribution < -0.4 is 4.74 Å². The highest BCUT2D eigenvalue weighted by atomic mass is 16.5. The van der Waals surface area contributed by atoms with Crippen molar-refractivity contribution in [1.29, 1.82) is 0 Å². The second-order valence-corrected chi connectivity index (χ2v) is 7.52. The van der Waals surface area contributed by atoms with Gasteiger partial charge >= 0.3 is 0 Å². The molecule has 0 amide bonds. The van der Waals surface area contributed by atoms with Gasteiger partial charge < -0.3 is 9.84 Å². The van der Waals surface area contributed by atoms with Crippen molar-refractivity contribution < 1.29 is 9.84 Å². The Morgan fingerprint density at radius 3 is 2.68 bits per heavy atom. The number of unbranched alkanes of at least 4 members (excludes halogenated alkanes) is 2. The second kappa shape index (κ2) is 9.24. The van der Waals surface area contributed by atoms with Crippen LogP contribution in [0.4, 0.5) is 0 Å². The predicted molar refractivity (Wildman–Crippen MR) is 106 cm³/mol. The van der Waals surface area contributed by atoms with E-state index in [1.54, 1.807) is 7.11 Å². The number of ether oxygens (including phenoxy) is 1. The van der Waals surface area contributed by atoms with Crippen LogP contribution in [0.2, 0.25) is 0 Å². The van der Waals surface area contributed by atoms with Gasteiger partial charge in [0.2, 0.25) is 0 Å². The van der Waals surface area contributed by atoms with Crippen LogP contribution >= 0.6 is 0 Å². The lowest BCUT2D eigenvalue weighted by Gasteiger charge is -2.33. The molecule has 0 heterocycles. The van der Waals surface area contributed by atoms with E-state index in [4.69, 9.17) is 4.74 Å². The molecule has 2 heteroatoms. The van der Waals surface area contributed by atoms with Crippen molar-refractivity contribution in [2.24, 2.45) is 5.92 Å². The molecule has 25 heavy (non-hydrogen) atoms. The molecule has 138 valence electrons. The lowest BCUT2D eigenvalue weighted by Crippen LogP contribution is -2.19. The first-order valence-corrected chi connectivity index (χ1v) is 9.65. The number of aliphatic hydroxyl groups is 1.